The summed E-state index contributed by atoms with van der Waals surface area (Å²) in [6, 6.07) is 14.9. The van der Waals surface area contributed by atoms with Crippen molar-refractivity contribution >= 4 is 28.2 Å². The van der Waals surface area contributed by atoms with Crippen LogP contribution in [0.2, 0.25) is 0 Å². The van der Waals surface area contributed by atoms with Gasteiger partial charge >= 0.3 is 5.97 Å². The molecule has 0 saturated carbocycles. The first-order valence-corrected chi connectivity index (χ1v) is 9.82. The molecule has 0 radical (unpaired) electrons. The summed E-state index contributed by atoms with van der Waals surface area (Å²) in [5.41, 5.74) is 2.26. The van der Waals surface area contributed by atoms with E-state index in [0.717, 1.165) is 18.6 Å². The van der Waals surface area contributed by atoms with Gasteiger partial charge in [0, 0.05) is 21.3 Å². The third kappa shape index (κ3) is 3.24. The van der Waals surface area contributed by atoms with Crippen molar-refractivity contribution in [3.05, 3.63) is 64.0 Å². The van der Waals surface area contributed by atoms with E-state index in [1.165, 1.54) is 20.7 Å². The van der Waals surface area contributed by atoms with Crippen LogP contribution in [-0.4, -0.2) is 34.0 Å². The van der Waals surface area contributed by atoms with E-state index in [1.54, 1.807) is 0 Å². The highest BCUT2D eigenvalue weighted by Gasteiger charge is 2.31. The van der Waals surface area contributed by atoms with E-state index in [2.05, 4.69) is 47.1 Å². The maximum atomic E-state index is 11.3. The third-order valence-corrected chi connectivity index (χ3v) is 6.31. The predicted octanol–water partition coefficient (Wildman–Crippen LogP) is 4.49. The number of hydrogen-bond acceptors (Lipinski definition) is 4. The van der Waals surface area contributed by atoms with Crippen molar-refractivity contribution in [2.75, 3.05) is 13.1 Å². The molecule has 1 aliphatic rings. The Hall–Kier alpha value is -2.24. The molecular weight excluding hydrogens is 344 g/mol. The van der Waals surface area contributed by atoms with Gasteiger partial charge in [0.25, 0.3) is 0 Å². The Bertz CT molecular complexity index is 923. The van der Waals surface area contributed by atoms with Crippen molar-refractivity contribution < 1.29 is 9.90 Å². The van der Waals surface area contributed by atoms with Gasteiger partial charge in [-0.2, -0.15) is 0 Å². The van der Waals surface area contributed by atoms with Crippen LogP contribution in [0.5, 0.6) is 0 Å². The van der Waals surface area contributed by atoms with Crippen molar-refractivity contribution in [2.45, 2.75) is 25.8 Å². The predicted molar refractivity (Wildman–Crippen MR) is 105 cm³/mol. The van der Waals surface area contributed by atoms with Crippen molar-refractivity contribution in [1.29, 1.82) is 0 Å². The van der Waals surface area contributed by atoms with E-state index in [1.807, 2.05) is 29.7 Å². The smallest absolute Gasteiger partial charge is 0.306 e. The average molecular weight is 366 g/mol. The minimum atomic E-state index is -0.664. The van der Waals surface area contributed by atoms with E-state index >= 15 is 0 Å². The second kappa shape index (κ2) is 7.17. The fourth-order valence-electron chi connectivity index (χ4n) is 3.89. The molecule has 3 aromatic rings. The number of carbonyl (C=O) groups is 1. The Kier molecular flexibility index (Phi) is 4.74. The van der Waals surface area contributed by atoms with Gasteiger partial charge in [-0.25, -0.2) is 0 Å². The first kappa shape index (κ1) is 17.2. The van der Waals surface area contributed by atoms with E-state index < -0.39 is 5.97 Å². The van der Waals surface area contributed by atoms with Crippen LogP contribution in [0.4, 0.5) is 0 Å². The van der Waals surface area contributed by atoms with E-state index in [-0.39, 0.29) is 12.0 Å². The Balaban J connectivity index is 1.76. The first-order valence-electron chi connectivity index (χ1n) is 9.00. The average Bonchev–Trinajstić information content (AvgIpc) is 3.08. The van der Waals surface area contributed by atoms with Crippen LogP contribution < -0.4 is 0 Å². The van der Waals surface area contributed by atoms with Gasteiger partial charge in [-0.15, -0.1) is 11.3 Å². The van der Waals surface area contributed by atoms with Crippen LogP contribution >= 0.6 is 11.3 Å². The molecule has 4 nitrogen and oxygen atoms in total. The number of aromatic nitrogens is 1. The summed E-state index contributed by atoms with van der Waals surface area (Å²) in [5.74, 6) is -0.881. The van der Waals surface area contributed by atoms with Crippen LogP contribution in [0.1, 0.15) is 34.2 Å². The standard InChI is InChI=1S/C21H22N2O2S/c1-14-6-7-19(26-14)20(23-12-9-15(10-13-23)21(24)25)17-8-11-22-18-5-3-2-4-16(17)18/h2-8,11,15,20H,9-10,12-13H2,1H3,(H,24,25). The van der Waals surface area contributed by atoms with Crippen LogP contribution in [0.15, 0.2) is 48.7 Å². The lowest BCUT2D eigenvalue weighted by Gasteiger charge is -2.36. The largest absolute Gasteiger partial charge is 0.481 e. The number of carboxylic acid groups (broad SMARTS) is 1. The van der Waals surface area contributed by atoms with Crippen molar-refractivity contribution in [2.24, 2.45) is 5.92 Å². The molecule has 3 heterocycles. The molecule has 1 fully saturated rings. The second-order valence-electron chi connectivity index (χ2n) is 6.92. The van der Waals surface area contributed by atoms with E-state index in [4.69, 9.17) is 0 Å². The van der Waals surface area contributed by atoms with Gasteiger partial charge in [0.05, 0.1) is 17.5 Å². The summed E-state index contributed by atoms with van der Waals surface area (Å²) < 4.78 is 0. The lowest BCUT2D eigenvalue weighted by Crippen LogP contribution is -2.39. The molecule has 1 unspecified atom stereocenters. The molecule has 1 saturated heterocycles. The molecule has 26 heavy (non-hydrogen) atoms. The maximum absolute atomic E-state index is 11.3. The Morgan fingerprint density at radius 2 is 1.96 bits per heavy atom. The summed E-state index contributed by atoms with van der Waals surface area (Å²) in [6.45, 7) is 3.73. The van der Waals surface area contributed by atoms with Crippen LogP contribution in [0.25, 0.3) is 10.9 Å². The Morgan fingerprint density at radius 3 is 2.65 bits per heavy atom. The summed E-state index contributed by atoms with van der Waals surface area (Å²) in [7, 11) is 0. The SMILES string of the molecule is Cc1ccc(C(c2ccnc3ccccc23)N2CCC(C(=O)O)CC2)s1. The normalized spacial score (nSPS) is 17.4. The topological polar surface area (TPSA) is 53.4 Å². The number of piperidine rings is 1. The molecule has 2 aromatic heterocycles. The quantitative estimate of drug-likeness (QED) is 0.739. The molecule has 1 aromatic carbocycles. The second-order valence-corrected chi connectivity index (χ2v) is 8.24. The van der Waals surface area contributed by atoms with Crippen LogP contribution in [0.3, 0.4) is 0 Å². The van der Waals surface area contributed by atoms with Gasteiger partial charge in [-0.1, -0.05) is 18.2 Å². The zero-order chi connectivity index (χ0) is 18.1. The van der Waals surface area contributed by atoms with Crippen LogP contribution in [0, 0.1) is 12.8 Å². The molecule has 0 aliphatic carbocycles. The fourth-order valence-corrected chi connectivity index (χ4v) is 4.92. The molecule has 1 N–H and O–H groups in total. The number of aliphatic carboxylic acids is 1. The highest BCUT2D eigenvalue weighted by Crippen LogP contribution is 2.38. The number of benzene rings is 1. The number of rotatable bonds is 4. The number of thiophene rings is 1. The van der Waals surface area contributed by atoms with Crippen molar-refractivity contribution in [3.63, 3.8) is 0 Å². The maximum Gasteiger partial charge on any atom is 0.306 e. The summed E-state index contributed by atoms with van der Waals surface area (Å²) in [6.07, 6.45) is 3.30. The van der Waals surface area contributed by atoms with E-state index in [9.17, 15) is 9.90 Å². The van der Waals surface area contributed by atoms with Gasteiger partial charge < -0.3 is 5.11 Å². The molecule has 0 bridgehead atoms. The molecule has 0 spiro atoms. The molecule has 1 atom stereocenters. The molecular formula is C21H22N2O2S. The van der Waals surface area contributed by atoms with E-state index in [0.29, 0.717) is 12.8 Å². The zero-order valence-electron chi connectivity index (χ0n) is 14.8. The molecule has 0 amide bonds. The highest BCUT2D eigenvalue weighted by atomic mass is 32.1. The number of likely N-dealkylation sites (tertiary alicyclic amines) is 1. The number of nitrogens with zero attached hydrogens (tertiary/aromatic N) is 2. The number of para-hydroxylation sites is 1. The van der Waals surface area contributed by atoms with Gasteiger partial charge in [-0.05, 0) is 62.7 Å². The molecule has 5 heteroatoms. The molecule has 134 valence electrons. The third-order valence-electron chi connectivity index (χ3n) is 5.25. The first-order chi connectivity index (χ1) is 12.6. The number of pyridine rings is 1. The van der Waals surface area contributed by atoms with Crippen molar-refractivity contribution in [1.82, 2.24) is 9.88 Å². The molecule has 1 aliphatic heterocycles. The summed E-state index contributed by atoms with van der Waals surface area (Å²) >= 11 is 1.82. The van der Waals surface area contributed by atoms with Crippen molar-refractivity contribution in [3.8, 4) is 0 Å². The van der Waals surface area contributed by atoms with Gasteiger partial charge in [-0.3, -0.25) is 14.7 Å². The van der Waals surface area contributed by atoms with Gasteiger partial charge in [0.15, 0.2) is 0 Å². The zero-order valence-corrected chi connectivity index (χ0v) is 15.6. The minimum absolute atomic E-state index is 0.149. The molecule has 4 rings (SSSR count). The summed E-state index contributed by atoms with van der Waals surface area (Å²) in [5, 5.41) is 10.5. The number of hydrogen-bond donors (Lipinski definition) is 1. The Morgan fingerprint density at radius 1 is 1.19 bits per heavy atom. The lowest BCUT2D eigenvalue weighted by molar-refractivity contribution is -0.143. The lowest BCUT2D eigenvalue weighted by atomic mass is 9.93. The summed E-state index contributed by atoms with van der Waals surface area (Å²) in [4.78, 5) is 20.9. The Labute approximate surface area is 157 Å². The van der Waals surface area contributed by atoms with Gasteiger partial charge in [0.2, 0.25) is 0 Å². The van der Waals surface area contributed by atoms with Gasteiger partial charge in [0.1, 0.15) is 0 Å². The van der Waals surface area contributed by atoms with Crippen LogP contribution in [-0.2, 0) is 4.79 Å². The number of fused-ring (bicyclic) bond motifs is 1. The fraction of sp³-hybridized carbons (Fsp3) is 0.333. The monoisotopic (exact) mass is 366 g/mol. The highest BCUT2D eigenvalue weighted by molar-refractivity contribution is 7.12. The number of carboxylic acids is 1. The minimum Gasteiger partial charge on any atom is -0.481 e. The number of aryl methyl sites for hydroxylation is 1.